The van der Waals surface area contributed by atoms with E-state index >= 15 is 0 Å². The Morgan fingerprint density at radius 1 is 1.19 bits per heavy atom. The molecular formula is C19H16BrClN2O3S. The molecule has 0 aromatic heterocycles. The van der Waals surface area contributed by atoms with E-state index in [9.17, 15) is 4.79 Å². The lowest BCUT2D eigenvalue weighted by Gasteiger charge is -2.10. The van der Waals surface area contributed by atoms with E-state index in [1.165, 1.54) is 11.8 Å². The summed E-state index contributed by atoms with van der Waals surface area (Å²) in [7, 11) is 3.15. The maximum absolute atomic E-state index is 12.4. The molecule has 0 aliphatic carbocycles. The Bertz CT molecular complexity index is 976. The highest BCUT2D eigenvalue weighted by molar-refractivity contribution is 9.10. The van der Waals surface area contributed by atoms with Crippen LogP contribution in [0.25, 0.3) is 6.08 Å². The van der Waals surface area contributed by atoms with Crippen LogP contribution in [0.3, 0.4) is 0 Å². The summed E-state index contributed by atoms with van der Waals surface area (Å²) in [4.78, 5) is 17.4. The molecule has 1 aliphatic heterocycles. The number of methoxy groups -OCH3 is 2. The maximum atomic E-state index is 12.4. The highest BCUT2D eigenvalue weighted by Crippen LogP contribution is 2.36. The number of hydrogen-bond acceptors (Lipinski definition) is 5. The van der Waals surface area contributed by atoms with E-state index in [1.54, 1.807) is 38.5 Å². The van der Waals surface area contributed by atoms with Gasteiger partial charge in [-0.15, -0.1) is 0 Å². The number of carbonyl (C=O) groups is 1. The SMILES string of the molecule is COc1cc(OC)c(/C=C2\SC(=Nc3cc(Cl)ccc3C)NC2=O)cc1Br. The van der Waals surface area contributed by atoms with E-state index in [1.807, 2.05) is 19.1 Å². The number of amidine groups is 1. The zero-order chi connectivity index (χ0) is 19.6. The van der Waals surface area contributed by atoms with Gasteiger partial charge in [-0.2, -0.15) is 0 Å². The molecule has 0 unspecified atom stereocenters. The van der Waals surface area contributed by atoms with Crippen molar-refractivity contribution in [1.82, 2.24) is 5.32 Å². The number of ether oxygens (including phenoxy) is 2. The fourth-order valence-electron chi connectivity index (χ4n) is 2.43. The van der Waals surface area contributed by atoms with Crippen molar-refractivity contribution in [2.75, 3.05) is 14.2 Å². The Morgan fingerprint density at radius 3 is 2.63 bits per heavy atom. The van der Waals surface area contributed by atoms with E-state index < -0.39 is 0 Å². The highest BCUT2D eigenvalue weighted by atomic mass is 79.9. The van der Waals surface area contributed by atoms with Gasteiger partial charge >= 0.3 is 0 Å². The number of thioether (sulfide) groups is 1. The molecule has 0 bridgehead atoms. The van der Waals surface area contributed by atoms with Crippen LogP contribution in [0.15, 0.2) is 44.7 Å². The molecule has 0 atom stereocenters. The van der Waals surface area contributed by atoms with Crippen LogP contribution in [0.2, 0.25) is 5.02 Å². The van der Waals surface area contributed by atoms with E-state index in [4.69, 9.17) is 21.1 Å². The summed E-state index contributed by atoms with van der Waals surface area (Å²) in [6, 6.07) is 9.06. The van der Waals surface area contributed by atoms with Gasteiger partial charge in [0.25, 0.3) is 5.91 Å². The van der Waals surface area contributed by atoms with Gasteiger partial charge in [-0.05, 0) is 64.5 Å². The number of nitrogens with one attached hydrogen (secondary N) is 1. The zero-order valence-corrected chi connectivity index (χ0v) is 18.0. The number of amides is 1. The first-order valence-electron chi connectivity index (χ1n) is 7.88. The van der Waals surface area contributed by atoms with Gasteiger partial charge in [0.1, 0.15) is 11.5 Å². The molecule has 0 radical (unpaired) electrons. The van der Waals surface area contributed by atoms with Gasteiger partial charge < -0.3 is 14.8 Å². The first-order chi connectivity index (χ1) is 12.9. The average Bonchev–Trinajstić information content (AvgIpc) is 2.97. The van der Waals surface area contributed by atoms with Crippen LogP contribution >= 0.6 is 39.3 Å². The van der Waals surface area contributed by atoms with Crippen LogP contribution in [0, 0.1) is 6.92 Å². The minimum absolute atomic E-state index is 0.215. The summed E-state index contributed by atoms with van der Waals surface area (Å²) in [5.41, 5.74) is 2.44. The Hall–Kier alpha value is -1.96. The molecule has 1 fully saturated rings. The van der Waals surface area contributed by atoms with Gasteiger partial charge in [0.15, 0.2) is 5.17 Å². The Kier molecular flexibility index (Phi) is 6.14. The van der Waals surface area contributed by atoms with Gasteiger partial charge in [0.2, 0.25) is 0 Å². The smallest absolute Gasteiger partial charge is 0.264 e. The van der Waals surface area contributed by atoms with Crippen LogP contribution < -0.4 is 14.8 Å². The first-order valence-corrected chi connectivity index (χ1v) is 9.87. The van der Waals surface area contributed by atoms with Crippen molar-refractivity contribution in [1.29, 1.82) is 0 Å². The number of halogens is 2. The third-order valence-electron chi connectivity index (χ3n) is 3.83. The summed E-state index contributed by atoms with van der Waals surface area (Å²) in [6.07, 6.45) is 1.76. The van der Waals surface area contributed by atoms with Gasteiger partial charge in [0, 0.05) is 16.7 Å². The zero-order valence-electron chi connectivity index (χ0n) is 14.8. The van der Waals surface area contributed by atoms with Crippen molar-refractivity contribution in [3.63, 3.8) is 0 Å². The Morgan fingerprint density at radius 2 is 1.93 bits per heavy atom. The number of aliphatic imine (C=N–C) groups is 1. The van der Waals surface area contributed by atoms with Crippen LogP contribution in [0.1, 0.15) is 11.1 Å². The Balaban J connectivity index is 1.93. The summed E-state index contributed by atoms with van der Waals surface area (Å²) >= 11 is 10.8. The lowest BCUT2D eigenvalue weighted by molar-refractivity contribution is -0.115. The molecule has 1 heterocycles. The van der Waals surface area contributed by atoms with Crippen LogP contribution in [0.4, 0.5) is 5.69 Å². The summed E-state index contributed by atoms with van der Waals surface area (Å²) in [5.74, 6) is 1.04. The molecule has 0 spiro atoms. The summed E-state index contributed by atoms with van der Waals surface area (Å²) in [5, 5.41) is 3.88. The van der Waals surface area contributed by atoms with Crippen LogP contribution in [0.5, 0.6) is 11.5 Å². The van der Waals surface area contributed by atoms with Crippen LogP contribution in [-0.4, -0.2) is 25.3 Å². The third-order valence-corrected chi connectivity index (χ3v) is 5.60. The maximum Gasteiger partial charge on any atom is 0.264 e. The fourth-order valence-corrected chi connectivity index (χ4v) is 3.95. The largest absolute Gasteiger partial charge is 0.496 e. The lowest BCUT2D eigenvalue weighted by Crippen LogP contribution is -2.19. The number of hydrogen-bond donors (Lipinski definition) is 1. The number of benzene rings is 2. The van der Waals surface area contributed by atoms with Crippen molar-refractivity contribution in [2.45, 2.75) is 6.92 Å². The van der Waals surface area contributed by atoms with Crippen molar-refractivity contribution < 1.29 is 14.3 Å². The number of nitrogens with zero attached hydrogens (tertiary/aromatic N) is 1. The summed E-state index contributed by atoms with van der Waals surface area (Å²) < 4.78 is 11.5. The molecule has 0 saturated carbocycles. The molecule has 2 aromatic rings. The molecule has 5 nitrogen and oxygen atoms in total. The van der Waals surface area contributed by atoms with E-state index in [-0.39, 0.29) is 5.91 Å². The standard InChI is InChI=1S/C19H16BrClN2O3S/c1-10-4-5-12(21)8-14(10)22-19-23-18(24)17(27-19)7-11-6-13(20)16(26-3)9-15(11)25-2/h4-9H,1-3H3,(H,22,23,24)/b17-7-. The van der Waals surface area contributed by atoms with Gasteiger partial charge in [0.05, 0.1) is 29.3 Å². The van der Waals surface area contributed by atoms with E-state index in [0.717, 1.165) is 21.3 Å². The minimum Gasteiger partial charge on any atom is -0.496 e. The number of rotatable bonds is 4. The molecule has 8 heteroatoms. The van der Waals surface area contributed by atoms with Crippen molar-refractivity contribution >= 4 is 62.1 Å². The average molecular weight is 468 g/mol. The first kappa shape index (κ1) is 19.8. The second-order valence-corrected chi connectivity index (χ2v) is 7.96. The second kappa shape index (κ2) is 8.37. The van der Waals surface area contributed by atoms with Gasteiger partial charge in [-0.3, -0.25) is 4.79 Å². The quantitative estimate of drug-likeness (QED) is 0.618. The molecule has 2 aromatic carbocycles. The fraction of sp³-hybridized carbons (Fsp3) is 0.158. The molecule has 1 aliphatic rings. The molecule has 1 N–H and O–H groups in total. The molecule has 27 heavy (non-hydrogen) atoms. The summed E-state index contributed by atoms with van der Waals surface area (Å²) in [6.45, 7) is 1.94. The monoisotopic (exact) mass is 466 g/mol. The normalized spacial score (nSPS) is 16.7. The predicted molar refractivity (Wildman–Crippen MR) is 114 cm³/mol. The molecular weight excluding hydrogens is 452 g/mol. The molecule has 1 amide bonds. The second-order valence-electron chi connectivity index (χ2n) is 5.64. The van der Waals surface area contributed by atoms with Crippen molar-refractivity contribution in [3.8, 4) is 11.5 Å². The van der Waals surface area contributed by atoms with Crippen molar-refractivity contribution in [2.24, 2.45) is 4.99 Å². The number of carbonyl (C=O) groups excluding carboxylic acids is 1. The predicted octanol–water partition coefficient (Wildman–Crippen LogP) is 5.32. The molecule has 3 rings (SSSR count). The molecule has 1 saturated heterocycles. The van der Waals surface area contributed by atoms with Crippen LogP contribution in [-0.2, 0) is 4.79 Å². The minimum atomic E-state index is -0.215. The third kappa shape index (κ3) is 4.48. The Labute approximate surface area is 174 Å². The topological polar surface area (TPSA) is 59.9 Å². The lowest BCUT2D eigenvalue weighted by atomic mass is 10.1. The van der Waals surface area contributed by atoms with Gasteiger partial charge in [-0.25, -0.2) is 4.99 Å². The van der Waals surface area contributed by atoms with E-state index in [2.05, 4.69) is 26.2 Å². The highest BCUT2D eigenvalue weighted by Gasteiger charge is 2.24. The van der Waals surface area contributed by atoms with Gasteiger partial charge in [-0.1, -0.05) is 17.7 Å². The molecule has 140 valence electrons. The van der Waals surface area contributed by atoms with Crippen molar-refractivity contribution in [3.05, 3.63) is 55.9 Å². The van der Waals surface area contributed by atoms with E-state index in [0.29, 0.717) is 26.6 Å². The number of aryl methyl sites for hydroxylation is 1.